The minimum absolute atomic E-state index is 0. The smallest absolute Gasteiger partial charge is 0.151 e. The van der Waals surface area contributed by atoms with Gasteiger partial charge in [-0.15, -0.1) is 12.4 Å². The van der Waals surface area contributed by atoms with E-state index in [2.05, 4.69) is 6.07 Å². The Bertz CT molecular complexity index is 143. The molecule has 0 aromatic rings. The van der Waals surface area contributed by atoms with Gasteiger partial charge in [-0.1, -0.05) is 11.8 Å². The number of rotatable bonds is 4. The van der Waals surface area contributed by atoms with Crippen LogP contribution in [0.15, 0.2) is 0 Å². The second-order valence-electron chi connectivity index (χ2n) is 1.83. The number of thioether (sulfide) groups is 1. The predicted octanol–water partition coefficient (Wildman–Crippen LogP) is 1.73. The van der Waals surface area contributed by atoms with Crippen molar-refractivity contribution in [3.8, 4) is 6.07 Å². The molecule has 3 N–H and O–H groups in total. The van der Waals surface area contributed by atoms with Crippen molar-refractivity contribution in [1.29, 1.82) is 10.7 Å². The molecule has 64 valence electrons. The zero-order valence-electron chi connectivity index (χ0n) is 6.17. The van der Waals surface area contributed by atoms with E-state index in [1.807, 2.05) is 0 Å². The molecule has 3 nitrogen and oxygen atoms in total. The van der Waals surface area contributed by atoms with Gasteiger partial charge in [0.15, 0.2) is 5.17 Å². The number of nitrogens with zero attached hydrogens (tertiary/aromatic N) is 1. The first-order chi connectivity index (χ1) is 4.77. The Labute approximate surface area is 77.3 Å². The average Bonchev–Trinajstić information content (AvgIpc) is 1.87. The normalized spacial score (nSPS) is 7.91. The maximum absolute atomic E-state index is 8.15. The van der Waals surface area contributed by atoms with Gasteiger partial charge in [0.05, 0.1) is 6.07 Å². The zero-order chi connectivity index (χ0) is 7.82. The molecule has 0 bridgehead atoms. The maximum Gasteiger partial charge on any atom is 0.151 e. The number of unbranched alkanes of at least 4 members (excludes halogenated alkanes) is 2. The van der Waals surface area contributed by atoms with Gasteiger partial charge in [-0.3, -0.25) is 5.41 Å². The van der Waals surface area contributed by atoms with E-state index in [4.69, 9.17) is 16.4 Å². The molecule has 0 aliphatic rings. The van der Waals surface area contributed by atoms with Crippen molar-refractivity contribution in [3.05, 3.63) is 0 Å². The molecule has 5 heteroatoms. The Morgan fingerprint density at radius 3 is 2.64 bits per heavy atom. The largest absolute Gasteiger partial charge is 0.379 e. The molecule has 0 atom stereocenters. The highest BCUT2D eigenvalue weighted by Crippen LogP contribution is 2.03. The van der Waals surface area contributed by atoms with Crippen molar-refractivity contribution in [2.45, 2.75) is 19.3 Å². The minimum Gasteiger partial charge on any atom is -0.379 e. The Morgan fingerprint density at radius 2 is 2.18 bits per heavy atom. The Hall–Kier alpha value is -0.400. The first kappa shape index (κ1) is 13.2. The van der Waals surface area contributed by atoms with Crippen LogP contribution in [-0.2, 0) is 0 Å². The van der Waals surface area contributed by atoms with Gasteiger partial charge in [0.25, 0.3) is 0 Å². The third-order valence-electron chi connectivity index (χ3n) is 0.940. The molecule has 0 heterocycles. The molecule has 11 heavy (non-hydrogen) atoms. The SMILES string of the molecule is Cl.N#CCCCCSC(=N)N. The summed E-state index contributed by atoms with van der Waals surface area (Å²) in [6, 6.07) is 2.06. The van der Waals surface area contributed by atoms with Gasteiger partial charge in [-0.25, -0.2) is 0 Å². The number of nitriles is 1. The first-order valence-electron chi connectivity index (χ1n) is 3.11. The van der Waals surface area contributed by atoms with E-state index >= 15 is 0 Å². The summed E-state index contributed by atoms with van der Waals surface area (Å²) < 4.78 is 0. The van der Waals surface area contributed by atoms with Gasteiger partial charge in [0.2, 0.25) is 0 Å². The van der Waals surface area contributed by atoms with Crippen molar-refractivity contribution in [2.24, 2.45) is 5.73 Å². The topological polar surface area (TPSA) is 73.7 Å². The van der Waals surface area contributed by atoms with Gasteiger partial charge in [0, 0.05) is 12.2 Å². The lowest BCUT2D eigenvalue weighted by Crippen LogP contribution is -2.04. The monoisotopic (exact) mass is 193 g/mol. The van der Waals surface area contributed by atoms with Crippen LogP contribution in [-0.4, -0.2) is 10.9 Å². The van der Waals surface area contributed by atoms with Crippen LogP contribution in [0.25, 0.3) is 0 Å². The molecule has 0 saturated carbocycles. The minimum atomic E-state index is 0. The lowest BCUT2D eigenvalue weighted by Gasteiger charge is -1.94. The summed E-state index contributed by atoms with van der Waals surface area (Å²) in [4.78, 5) is 0. The number of hydrogen-bond acceptors (Lipinski definition) is 3. The molecule has 0 fully saturated rings. The lowest BCUT2D eigenvalue weighted by molar-refractivity contribution is 0.831. The highest BCUT2D eigenvalue weighted by atomic mass is 35.5. The van der Waals surface area contributed by atoms with Crippen LogP contribution < -0.4 is 5.73 Å². The van der Waals surface area contributed by atoms with Gasteiger partial charge in [0.1, 0.15) is 0 Å². The van der Waals surface area contributed by atoms with Crippen LogP contribution in [0.3, 0.4) is 0 Å². The van der Waals surface area contributed by atoms with Crippen LogP contribution in [0.5, 0.6) is 0 Å². The number of nitrogens with two attached hydrogens (primary N) is 1. The van der Waals surface area contributed by atoms with Gasteiger partial charge in [-0.05, 0) is 12.8 Å². The molecular weight excluding hydrogens is 182 g/mol. The van der Waals surface area contributed by atoms with Crippen LogP contribution in [0.4, 0.5) is 0 Å². The van der Waals surface area contributed by atoms with Crippen LogP contribution in [0, 0.1) is 16.7 Å². The molecule has 0 radical (unpaired) electrons. The van der Waals surface area contributed by atoms with Gasteiger partial charge < -0.3 is 5.73 Å². The molecule has 0 aromatic heterocycles. The van der Waals surface area contributed by atoms with Crippen molar-refractivity contribution in [2.75, 3.05) is 5.75 Å². The molecular formula is C6H12ClN3S. The molecule has 0 spiro atoms. The second kappa shape index (κ2) is 9.60. The quantitative estimate of drug-likeness (QED) is 0.406. The average molecular weight is 194 g/mol. The zero-order valence-corrected chi connectivity index (χ0v) is 7.80. The highest BCUT2D eigenvalue weighted by molar-refractivity contribution is 8.13. The van der Waals surface area contributed by atoms with E-state index in [9.17, 15) is 0 Å². The molecule has 0 aromatic carbocycles. The summed E-state index contributed by atoms with van der Waals surface area (Å²) in [6.45, 7) is 0. The third kappa shape index (κ3) is 12.7. The van der Waals surface area contributed by atoms with E-state index in [1.54, 1.807) is 0 Å². The summed E-state index contributed by atoms with van der Waals surface area (Å²) in [5, 5.41) is 15.2. The molecule has 0 aliphatic carbocycles. The van der Waals surface area contributed by atoms with Crippen LogP contribution in [0.1, 0.15) is 19.3 Å². The number of nitrogens with one attached hydrogen (secondary N) is 1. The summed E-state index contributed by atoms with van der Waals surface area (Å²) in [5.74, 6) is 0.858. The van der Waals surface area contributed by atoms with Crippen molar-refractivity contribution in [3.63, 3.8) is 0 Å². The fourth-order valence-electron chi connectivity index (χ4n) is 0.488. The summed E-state index contributed by atoms with van der Waals surface area (Å²) in [7, 11) is 0. The van der Waals surface area contributed by atoms with Crippen LogP contribution >= 0.6 is 24.2 Å². The summed E-state index contributed by atoms with van der Waals surface area (Å²) in [6.07, 6.45) is 2.49. The molecule has 0 amide bonds. The third-order valence-corrected chi connectivity index (χ3v) is 1.74. The van der Waals surface area contributed by atoms with Crippen molar-refractivity contribution >= 4 is 29.3 Å². The molecule has 0 saturated heterocycles. The van der Waals surface area contributed by atoms with E-state index < -0.39 is 0 Å². The fourth-order valence-corrected chi connectivity index (χ4v) is 1.06. The molecule has 0 unspecified atom stereocenters. The first-order valence-corrected chi connectivity index (χ1v) is 4.09. The van der Waals surface area contributed by atoms with E-state index in [0.717, 1.165) is 18.6 Å². The fraction of sp³-hybridized carbons (Fsp3) is 0.667. The number of halogens is 1. The molecule has 0 rings (SSSR count). The van der Waals surface area contributed by atoms with E-state index in [-0.39, 0.29) is 17.6 Å². The summed E-state index contributed by atoms with van der Waals surface area (Å²) >= 11 is 1.33. The standard InChI is InChI=1S/C6H11N3S.ClH/c7-4-2-1-3-5-10-6(8)9;/h1-3,5H2,(H3,8,9);1H. The van der Waals surface area contributed by atoms with E-state index in [0.29, 0.717) is 6.42 Å². The second-order valence-corrected chi connectivity index (χ2v) is 2.96. The van der Waals surface area contributed by atoms with Crippen LogP contribution in [0.2, 0.25) is 0 Å². The van der Waals surface area contributed by atoms with Crippen molar-refractivity contribution < 1.29 is 0 Å². The number of amidine groups is 1. The Balaban J connectivity index is 0. The van der Waals surface area contributed by atoms with E-state index in [1.165, 1.54) is 11.8 Å². The number of hydrogen-bond donors (Lipinski definition) is 2. The highest BCUT2D eigenvalue weighted by Gasteiger charge is 1.90. The van der Waals surface area contributed by atoms with Gasteiger partial charge in [-0.2, -0.15) is 5.26 Å². The molecule has 0 aliphatic heterocycles. The van der Waals surface area contributed by atoms with Crippen molar-refractivity contribution in [1.82, 2.24) is 0 Å². The Morgan fingerprint density at radius 1 is 1.55 bits per heavy atom. The Kier molecular flexibility index (Phi) is 11.5. The maximum atomic E-state index is 8.15. The lowest BCUT2D eigenvalue weighted by atomic mass is 10.3. The predicted molar refractivity (Wildman–Crippen MR) is 51.1 cm³/mol. The van der Waals surface area contributed by atoms with Gasteiger partial charge >= 0.3 is 0 Å². The summed E-state index contributed by atoms with van der Waals surface area (Å²) in [5.41, 5.74) is 5.09.